The molecule has 0 aliphatic rings. The Bertz CT molecular complexity index is 406. The van der Waals surface area contributed by atoms with E-state index in [1.165, 1.54) is 6.07 Å². The van der Waals surface area contributed by atoms with Gasteiger partial charge in [-0.1, -0.05) is 12.1 Å². The molecule has 0 saturated heterocycles. The van der Waals surface area contributed by atoms with Crippen LogP contribution in [0.15, 0.2) is 24.3 Å². The minimum absolute atomic E-state index is 0.0122. The lowest BCUT2D eigenvalue weighted by Crippen LogP contribution is -2.21. The van der Waals surface area contributed by atoms with E-state index in [1.807, 2.05) is 6.92 Å². The van der Waals surface area contributed by atoms with Crippen LogP contribution in [-0.2, 0) is 10.8 Å². The van der Waals surface area contributed by atoms with Gasteiger partial charge in [0, 0.05) is 34.5 Å². The van der Waals surface area contributed by atoms with Crippen LogP contribution in [0, 0.1) is 0 Å². The number of anilines is 1. The summed E-state index contributed by atoms with van der Waals surface area (Å²) in [7, 11) is -0.911. The minimum Gasteiger partial charge on any atom is -0.478 e. The molecule has 1 rings (SSSR count). The van der Waals surface area contributed by atoms with E-state index >= 15 is 0 Å². The smallest absolute Gasteiger partial charge is 0.337 e. The van der Waals surface area contributed by atoms with Gasteiger partial charge in [-0.05, 0) is 19.1 Å². The van der Waals surface area contributed by atoms with Crippen LogP contribution < -0.4 is 5.32 Å². The van der Waals surface area contributed by atoms with Gasteiger partial charge < -0.3 is 10.4 Å². The summed E-state index contributed by atoms with van der Waals surface area (Å²) in [5, 5.41) is 11.9. The second-order valence-electron chi connectivity index (χ2n) is 3.54. The molecule has 0 aliphatic carbocycles. The second kappa shape index (κ2) is 5.65. The van der Waals surface area contributed by atoms with E-state index in [-0.39, 0.29) is 10.8 Å². The fourth-order valence-corrected chi connectivity index (χ4v) is 1.51. The normalized spacial score (nSPS) is 14.1. The highest BCUT2D eigenvalue weighted by Crippen LogP contribution is 2.14. The quantitative estimate of drug-likeness (QED) is 0.821. The minimum atomic E-state index is -0.964. The Morgan fingerprint density at radius 1 is 1.50 bits per heavy atom. The molecule has 0 radical (unpaired) electrons. The Hall–Kier alpha value is -1.36. The maximum Gasteiger partial charge on any atom is 0.337 e. The highest BCUT2D eigenvalue weighted by atomic mass is 32.2. The highest BCUT2D eigenvalue weighted by Gasteiger charge is 2.10. The SMILES string of the molecule is CC(CNc1ccccc1C(=O)O)S(C)=O. The Kier molecular flexibility index (Phi) is 4.49. The molecule has 2 unspecified atom stereocenters. The van der Waals surface area contributed by atoms with Crippen LogP contribution in [0.1, 0.15) is 17.3 Å². The van der Waals surface area contributed by atoms with E-state index in [9.17, 15) is 9.00 Å². The summed E-state index contributed by atoms with van der Waals surface area (Å²) in [5.74, 6) is -0.964. The number of rotatable bonds is 5. The first kappa shape index (κ1) is 12.7. The molecule has 1 aromatic carbocycles. The van der Waals surface area contributed by atoms with Crippen LogP contribution in [0.3, 0.4) is 0 Å². The maximum atomic E-state index is 11.1. The summed E-state index contributed by atoms with van der Waals surface area (Å²) >= 11 is 0. The van der Waals surface area contributed by atoms with Gasteiger partial charge in [-0.25, -0.2) is 4.79 Å². The number of carbonyl (C=O) groups is 1. The molecule has 1 aromatic rings. The molecule has 0 fully saturated rings. The molecular weight excluding hydrogens is 226 g/mol. The number of carboxylic acid groups (broad SMARTS) is 1. The molecule has 0 aromatic heterocycles. The molecule has 0 spiro atoms. The van der Waals surface area contributed by atoms with E-state index in [0.29, 0.717) is 12.2 Å². The molecule has 0 aliphatic heterocycles. The van der Waals surface area contributed by atoms with Crippen molar-refractivity contribution in [3.05, 3.63) is 29.8 Å². The van der Waals surface area contributed by atoms with Crippen LogP contribution >= 0.6 is 0 Å². The Labute approximate surface area is 97.1 Å². The third kappa shape index (κ3) is 3.34. The third-order valence-electron chi connectivity index (χ3n) is 2.30. The molecular formula is C11H15NO3S. The average Bonchev–Trinajstić information content (AvgIpc) is 2.25. The lowest BCUT2D eigenvalue weighted by molar-refractivity contribution is 0.0698. The van der Waals surface area contributed by atoms with Crippen molar-refractivity contribution in [3.63, 3.8) is 0 Å². The monoisotopic (exact) mass is 241 g/mol. The van der Waals surface area contributed by atoms with Gasteiger partial charge in [-0.15, -0.1) is 0 Å². The number of carboxylic acids is 1. The predicted molar refractivity (Wildman–Crippen MR) is 65.4 cm³/mol. The van der Waals surface area contributed by atoms with E-state index in [1.54, 1.807) is 24.5 Å². The Balaban J connectivity index is 2.74. The van der Waals surface area contributed by atoms with Crippen molar-refractivity contribution in [2.45, 2.75) is 12.2 Å². The molecule has 0 bridgehead atoms. The molecule has 16 heavy (non-hydrogen) atoms. The molecule has 0 saturated carbocycles. The van der Waals surface area contributed by atoms with Crippen LogP contribution in [0.4, 0.5) is 5.69 Å². The van der Waals surface area contributed by atoms with Gasteiger partial charge in [0.1, 0.15) is 0 Å². The number of aromatic carboxylic acids is 1. The maximum absolute atomic E-state index is 11.1. The topological polar surface area (TPSA) is 66.4 Å². The first-order chi connectivity index (χ1) is 7.52. The number of hydrogen-bond acceptors (Lipinski definition) is 3. The molecule has 5 heteroatoms. The fourth-order valence-electron chi connectivity index (χ4n) is 1.19. The van der Waals surface area contributed by atoms with Gasteiger partial charge in [0.25, 0.3) is 0 Å². The van der Waals surface area contributed by atoms with Crippen LogP contribution in [0.5, 0.6) is 0 Å². The molecule has 2 atom stereocenters. The number of benzene rings is 1. The van der Waals surface area contributed by atoms with Crippen molar-refractivity contribution in [2.75, 3.05) is 18.1 Å². The summed E-state index contributed by atoms with van der Waals surface area (Å²) < 4.78 is 11.1. The molecule has 0 amide bonds. The van der Waals surface area contributed by atoms with E-state index in [0.717, 1.165) is 0 Å². The van der Waals surface area contributed by atoms with Crippen LogP contribution in [0.2, 0.25) is 0 Å². The first-order valence-corrected chi connectivity index (χ1v) is 6.53. The standard InChI is InChI=1S/C11H15NO3S/c1-8(16(2)15)7-12-10-6-4-3-5-9(10)11(13)14/h3-6,8,12H,7H2,1-2H3,(H,13,14). The van der Waals surface area contributed by atoms with Gasteiger partial charge in [-0.2, -0.15) is 0 Å². The van der Waals surface area contributed by atoms with Crippen molar-refractivity contribution in [2.24, 2.45) is 0 Å². The molecule has 0 heterocycles. The summed E-state index contributed by atoms with van der Waals surface area (Å²) in [6, 6.07) is 6.69. The van der Waals surface area contributed by atoms with Gasteiger partial charge in [0.2, 0.25) is 0 Å². The van der Waals surface area contributed by atoms with Crippen molar-refractivity contribution in [1.29, 1.82) is 0 Å². The number of nitrogens with one attached hydrogen (secondary N) is 1. The van der Waals surface area contributed by atoms with Crippen molar-refractivity contribution in [1.82, 2.24) is 0 Å². The predicted octanol–water partition coefficient (Wildman–Crippen LogP) is 1.56. The summed E-state index contributed by atoms with van der Waals surface area (Å²) in [4.78, 5) is 10.9. The highest BCUT2D eigenvalue weighted by molar-refractivity contribution is 7.84. The summed E-state index contributed by atoms with van der Waals surface area (Å²) in [6.07, 6.45) is 1.63. The van der Waals surface area contributed by atoms with Crippen molar-refractivity contribution >= 4 is 22.5 Å². The largest absolute Gasteiger partial charge is 0.478 e. The van der Waals surface area contributed by atoms with E-state index in [2.05, 4.69) is 5.32 Å². The Morgan fingerprint density at radius 3 is 2.69 bits per heavy atom. The lowest BCUT2D eigenvalue weighted by atomic mass is 10.2. The van der Waals surface area contributed by atoms with Gasteiger partial charge in [-0.3, -0.25) is 4.21 Å². The van der Waals surface area contributed by atoms with E-state index < -0.39 is 16.8 Å². The first-order valence-electron chi connectivity index (χ1n) is 4.90. The average molecular weight is 241 g/mol. The van der Waals surface area contributed by atoms with Gasteiger partial charge >= 0.3 is 5.97 Å². The van der Waals surface area contributed by atoms with Crippen molar-refractivity contribution in [3.8, 4) is 0 Å². The van der Waals surface area contributed by atoms with Gasteiger partial charge in [0.15, 0.2) is 0 Å². The summed E-state index contributed by atoms with van der Waals surface area (Å²) in [5.41, 5.74) is 0.795. The molecule has 2 N–H and O–H groups in total. The lowest BCUT2D eigenvalue weighted by Gasteiger charge is -2.12. The fraction of sp³-hybridized carbons (Fsp3) is 0.364. The van der Waals surface area contributed by atoms with Crippen LogP contribution in [-0.4, -0.2) is 33.3 Å². The zero-order valence-corrected chi connectivity index (χ0v) is 10.1. The molecule has 4 nitrogen and oxygen atoms in total. The zero-order valence-electron chi connectivity index (χ0n) is 9.27. The third-order valence-corrected chi connectivity index (χ3v) is 3.60. The Morgan fingerprint density at radius 2 is 2.12 bits per heavy atom. The zero-order chi connectivity index (χ0) is 12.1. The van der Waals surface area contributed by atoms with Crippen molar-refractivity contribution < 1.29 is 14.1 Å². The van der Waals surface area contributed by atoms with Gasteiger partial charge in [0.05, 0.1) is 5.56 Å². The van der Waals surface area contributed by atoms with Crippen LogP contribution in [0.25, 0.3) is 0 Å². The number of para-hydroxylation sites is 1. The number of hydrogen-bond donors (Lipinski definition) is 2. The molecule has 88 valence electrons. The summed E-state index contributed by atoms with van der Waals surface area (Å²) in [6.45, 7) is 2.35. The second-order valence-corrected chi connectivity index (χ2v) is 5.34. The van der Waals surface area contributed by atoms with E-state index in [4.69, 9.17) is 5.11 Å².